The number of hydrogen-bond donors (Lipinski definition) is 1. The molecular formula is C31H43NO8. The van der Waals surface area contributed by atoms with Gasteiger partial charge in [0.1, 0.15) is 6.61 Å². The predicted molar refractivity (Wildman–Crippen MR) is 153 cm³/mol. The lowest BCUT2D eigenvalue weighted by molar-refractivity contribution is -0.0157. The van der Waals surface area contributed by atoms with Gasteiger partial charge in [-0.25, -0.2) is 4.79 Å². The second-order valence-electron chi connectivity index (χ2n) is 9.03. The van der Waals surface area contributed by atoms with Crippen LogP contribution in [-0.4, -0.2) is 98.5 Å². The maximum Gasteiger partial charge on any atom is 0.407 e. The average molecular weight is 558 g/mol. The zero-order valence-electron chi connectivity index (χ0n) is 23.4. The van der Waals surface area contributed by atoms with Crippen LogP contribution in [-0.2, 0) is 33.2 Å². The molecule has 0 bridgehead atoms. The van der Waals surface area contributed by atoms with Crippen LogP contribution in [0.3, 0.4) is 0 Å². The fourth-order valence-electron chi connectivity index (χ4n) is 4.28. The van der Waals surface area contributed by atoms with E-state index in [0.717, 1.165) is 0 Å². The van der Waals surface area contributed by atoms with Crippen LogP contribution in [0.2, 0.25) is 0 Å². The van der Waals surface area contributed by atoms with Crippen molar-refractivity contribution in [1.82, 2.24) is 5.32 Å². The van der Waals surface area contributed by atoms with Crippen LogP contribution in [0.15, 0.2) is 61.2 Å². The van der Waals surface area contributed by atoms with E-state index in [-0.39, 0.29) is 5.92 Å². The number of benzene rings is 2. The Labute approximate surface area is 237 Å². The number of rotatable bonds is 23. The van der Waals surface area contributed by atoms with Gasteiger partial charge in [-0.1, -0.05) is 54.6 Å². The first kappa shape index (κ1) is 31.7. The molecule has 9 heteroatoms. The normalized spacial score (nSPS) is 12.2. The Morgan fingerprint density at radius 2 is 1.12 bits per heavy atom. The van der Waals surface area contributed by atoms with E-state index in [4.69, 9.17) is 33.2 Å². The van der Waals surface area contributed by atoms with Crippen LogP contribution >= 0.6 is 0 Å². The quantitative estimate of drug-likeness (QED) is 0.161. The Bertz CT molecular complexity index is 940. The minimum absolute atomic E-state index is 0.0593. The summed E-state index contributed by atoms with van der Waals surface area (Å²) < 4.78 is 38.1. The number of amides is 1. The Kier molecular flexibility index (Phi) is 16.0. The zero-order chi connectivity index (χ0) is 28.1. The fraction of sp³-hybridized carbons (Fsp3) is 0.516. The highest BCUT2D eigenvalue weighted by molar-refractivity contribution is 5.79. The summed E-state index contributed by atoms with van der Waals surface area (Å²) >= 11 is 0. The molecule has 2 aromatic rings. The number of hydrogen-bond acceptors (Lipinski definition) is 8. The Hall–Kier alpha value is -2.79. The van der Waals surface area contributed by atoms with Gasteiger partial charge in [0.25, 0.3) is 0 Å². The van der Waals surface area contributed by atoms with Gasteiger partial charge in [-0.2, -0.15) is 0 Å². The molecule has 0 fully saturated rings. The molecule has 0 heterocycles. The number of fused-ring (bicyclic) bond motifs is 3. The molecule has 1 aliphatic rings. The zero-order valence-corrected chi connectivity index (χ0v) is 23.4. The predicted octanol–water partition coefficient (Wildman–Crippen LogP) is 4.20. The first-order valence-electron chi connectivity index (χ1n) is 14.0. The third-order valence-corrected chi connectivity index (χ3v) is 6.17. The van der Waals surface area contributed by atoms with E-state index in [2.05, 4.69) is 36.2 Å². The molecule has 0 aromatic heterocycles. The largest absolute Gasteiger partial charge is 0.449 e. The van der Waals surface area contributed by atoms with Crippen LogP contribution < -0.4 is 5.32 Å². The van der Waals surface area contributed by atoms with E-state index in [0.29, 0.717) is 98.9 Å². The maximum atomic E-state index is 12.2. The lowest BCUT2D eigenvalue weighted by atomic mass is 9.98. The summed E-state index contributed by atoms with van der Waals surface area (Å²) in [4.78, 5) is 12.2. The van der Waals surface area contributed by atoms with Crippen LogP contribution in [0, 0.1) is 0 Å². The summed E-state index contributed by atoms with van der Waals surface area (Å²) in [5.41, 5.74) is 4.83. The van der Waals surface area contributed by atoms with Gasteiger partial charge in [-0.15, -0.1) is 6.58 Å². The Morgan fingerprint density at radius 1 is 0.675 bits per heavy atom. The molecular weight excluding hydrogens is 514 g/mol. The molecule has 9 nitrogen and oxygen atoms in total. The minimum atomic E-state index is -0.408. The summed E-state index contributed by atoms with van der Waals surface area (Å²) in [6, 6.07) is 16.6. The van der Waals surface area contributed by atoms with Crippen molar-refractivity contribution in [3.05, 3.63) is 72.3 Å². The van der Waals surface area contributed by atoms with Crippen molar-refractivity contribution in [3.8, 4) is 11.1 Å². The van der Waals surface area contributed by atoms with E-state index in [1.807, 2.05) is 24.3 Å². The van der Waals surface area contributed by atoms with E-state index in [1.165, 1.54) is 22.3 Å². The SMILES string of the molecule is C=CCOCCOCCOCCOCCOCCOCCCNC(=O)OCC1c2ccccc2-c2ccccc21. The Balaban J connectivity index is 1.07. The van der Waals surface area contributed by atoms with E-state index in [9.17, 15) is 4.79 Å². The molecule has 0 aliphatic heterocycles. The van der Waals surface area contributed by atoms with Crippen molar-refractivity contribution < 1.29 is 38.0 Å². The number of carbonyl (C=O) groups is 1. The van der Waals surface area contributed by atoms with Crippen molar-refractivity contribution in [1.29, 1.82) is 0 Å². The first-order valence-corrected chi connectivity index (χ1v) is 14.0. The smallest absolute Gasteiger partial charge is 0.407 e. The van der Waals surface area contributed by atoms with Crippen molar-refractivity contribution in [2.45, 2.75) is 12.3 Å². The van der Waals surface area contributed by atoms with Gasteiger partial charge < -0.3 is 38.5 Å². The monoisotopic (exact) mass is 557 g/mol. The van der Waals surface area contributed by atoms with Crippen molar-refractivity contribution in [2.24, 2.45) is 0 Å². The molecule has 1 N–H and O–H groups in total. The molecule has 1 amide bonds. The van der Waals surface area contributed by atoms with Gasteiger partial charge >= 0.3 is 6.09 Å². The highest BCUT2D eigenvalue weighted by Crippen LogP contribution is 2.44. The number of alkyl carbamates (subject to hydrolysis) is 1. The van der Waals surface area contributed by atoms with Gasteiger partial charge in [-0.3, -0.25) is 0 Å². The molecule has 0 spiro atoms. The Morgan fingerprint density at radius 3 is 1.62 bits per heavy atom. The van der Waals surface area contributed by atoms with Gasteiger partial charge in [0, 0.05) is 19.1 Å². The molecule has 0 atom stereocenters. The fourth-order valence-corrected chi connectivity index (χ4v) is 4.28. The van der Waals surface area contributed by atoms with Gasteiger partial charge in [0.05, 0.1) is 72.7 Å². The molecule has 0 unspecified atom stereocenters. The van der Waals surface area contributed by atoms with E-state index < -0.39 is 6.09 Å². The number of nitrogens with one attached hydrogen (secondary N) is 1. The molecule has 220 valence electrons. The van der Waals surface area contributed by atoms with Crippen molar-refractivity contribution in [3.63, 3.8) is 0 Å². The van der Waals surface area contributed by atoms with Gasteiger partial charge in [0.2, 0.25) is 0 Å². The molecule has 40 heavy (non-hydrogen) atoms. The molecule has 1 aliphatic carbocycles. The molecule has 2 aromatic carbocycles. The lowest BCUT2D eigenvalue weighted by Crippen LogP contribution is -2.27. The summed E-state index contributed by atoms with van der Waals surface area (Å²) in [6.45, 7) is 10.6. The minimum Gasteiger partial charge on any atom is -0.449 e. The van der Waals surface area contributed by atoms with Crippen LogP contribution in [0.1, 0.15) is 23.5 Å². The number of ether oxygens (including phenoxy) is 7. The highest BCUT2D eigenvalue weighted by atomic mass is 16.6. The van der Waals surface area contributed by atoms with Gasteiger partial charge in [-0.05, 0) is 28.7 Å². The van der Waals surface area contributed by atoms with Crippen LogP contribution in [0.25, 0.3) is 11.1 Å². The van der Waals surface area contributed by atoms with Crippen molar-refractivity contribution in [2.75, 3.05) is 92.4 Å². The topological polar surface area (TPSA) is 93.7 Å². The number of carbonyl (C=O) groups excluding carboxylic acids is 1. The van der Waals surface area contributed by atoms with Crippen LogP contribution in [0.5, 0.6) is 0 Å². The maximum absolute atomic E-state index is 12.2. The van der Waals surface area contributed by atoms with E-state index >= 15 is 0 Å². The molecule has 0 saturated heterocycles. The van der Waals surface area contributed by atoms with Crippen LogP contribution in [0.4, 0.5) is 4.79 Å². The highest BCUT2D eigenvalue weighted by Gasteiger charge is 2.28. The van der Waals surface area contributed by atoms with Crippen molar-refractivity contribution >= 4 is 6.09 Å². The lowest BCUT2D eigenvalue weighted by Gasteiger charge is -2.14. The third kappa shape index (κ3) is 11.8. The summed E-state index contributed by atoms with van der Waals surface area (Å²) in [5, 5.41) is 2.80. The first-order chi connectivity index (χ1) is 19.8. The summed E-state index contributed by atoms with van der Waals surface area (Å²) in [7, 11) is 0. The third-order valence-electron chi connectivity index (χ3n) is 6.17. The summed E-state index contributed by atoms with van der Waals surface area (Å²) in [5.74, 6) is 0.0593. The summed E-state index contributed by atoms with van der Waals surface area (Å²) in [6.07, 6.45) is 2.00. The molecule has 0 radical (unpaired) electrons. The molecule has 0 saturated carbocycles. The standard InChI is InChI=1S/C31H43NO8/c1-2-13-34-15-17-36-19-21-38-23-24-39-22-20-37-18-16-35-14-7-12-32-31(33)40-25-30-28-10-5-3-8-26(28)27-9-4-6-11-29(27)30/h2-6,8-11,30H,1,7,12-25H2,(H,32,33). The second-order valence-corrected chi connectivity index (χ2v) is 9.03. The average Bonchev–Trinajstić information content (AvgIpc) is 3.30. The molecule has 3 rings (SSSR count). The van der Waals surface area contributed by atoms with Gasteiger partial charge in [0.15, 0.2) is 0 Å². The second kappa shape index (κ2) is 20.1. The van der Waals surface area contributed by atoms with E-state index in [1.54, 1.807) is 6.08 Å².